The van der Waals surface area contributed by atoms with E-state index < -0.39 is 0 Å². The van der Waals surface area contributed by atoms with Gasteiger partial charge in [0, 0.05) is 25.0 Å². The lowest BCUT2D eigenvalue weighted by Gasteiger charge is -2.14. The van der Waals surface area contributed by atoms with Crippen LogP contribution in [0.3, 0.4) is 0 Å². The van der Waals surface area contributed by atoms with Crippen LogP contribution in [0.5, 0.6) is 0 Å². The molecule has 1 heterocycles. The molecule has 0 atom stereocenters. The molecule has 0 bridgehead atoms. The average Bonchev–Trinajstić information content (AvgIpc) is 2.43. The lowest BCUT2D eigenvalue weighted by atomic mass is 10.1. The van der Waals surface area contributed by atoms with Crippen molar-refractivity contribution in [3.05, 3.63) is 41.1 Å². The number of nitrogens with one attached hydrogen (secondary N) is 2. The van der Waals surface area contributed by atoms with E-state index in [1.54, 1.807) is 6.20 Å². The second-order valence-corrected chi connectivity index (χ2v) is 5.89. The summed E-state index contributed by atoms with van der Waals surface area (Å²) in [5.74, 6) is 1.45. The minimum atomic E-state index is 0.616. The Morgan fingerprint density at radius 1 is 1.09 bits per heavy atom. The number of anilines is 3. The maximum atomic E-state index is 4.52. The molecule has 2 N–H and O–H groups in total. The van der Waals surface area contributed by atoms with Gasteiger partial charge in [-0.2, -0.15) is 4.98 Å². The molecule has 0 unspecified atom stereocenters. The van der Waals surface area contributed by atoms with Crippen LogP contribution in [0.1, 0.15) is 16.7 Å². The van der Waals surface area contributed by atoms with Crippen molar-refractivity contribution >= 4 is 17.5 Å². The first-order valence-electron chi connectivity index (χ1n) is 7.52. The highest BCUT2D eigenvalue weighted by molar-refractivity contribution is 5.64. The third-order valence-corrected chi connectivity index (χ3v) is 3.43. The second-order valence-electron chi connectivity index (χ2n) is 5.89. The summed E-state index contributed by atoms with van der Waals surface area (Å²) in [4.78, 5) is 11.0. The molecule has 0 fully saturated rings. The van der Waals surface area contributed by atoms with Crippen molar-refractivity contribution < 1.29 is 0 Å². The van der Waals surface area contributed by atoms with E-state index in [4.69, 9.17) is 0 Å². The Morgan fingerprint density at radius 3 is 2.41 bits per heavy atom. The Hall–Kier alpha value is -2.14. The number of hydrogen-bond acceptors (Lipinski definition) is 5. The van der Waals surface area contributed by atoms with Crippen LogP contribution in [0.15, 0.2) is 24.4 Å². The quantitative estimate of drug-likeness (QED) is 0.858. The molecule has 0 amide bonds. The third-order valence-electron chi connectivity index (χ3n) is 3.43. The predicted molar refractivity (Wildman–Crippen MR) is 93.0 cm³/mol. The number of likely N-dealkylation sites (N-methyl/N-ethyl adjacent to an activating group) is 1. The molecule has 0 aliphatic heterocycles. The molecule has 22 heavy (non-hydrogen) atoms. The number of aryl methyl sites for hydroxylation is 3. The fourth-order valence-corrected chi connectivity index (χ4v) is 2.41. The zero-order valence-corrected chi connectivity index (χ0v) is 14.1. The second kappa shape index (κ2) is 7.22. The highest BCUT2D eigenvalue weighted by atomic mass is 15.2. The summed E-state index contributed by atoms with van der Waals surface area (Å²) in [7, 11) is 4.11. The summed E-state index contributed by atoms with van der Waals surface area (Å²) >= 11 is 0. The van der Waals surface area contributed by atoms with Gasteiger partial charge in [0.05, 0.1) is 0 Å². The van der Waals surface area contributed by atoms with Gasteiger partial charge in [-0.15, -0.1) is 0 Å². The Morgan fingerprint density at radius 2 is 1.77 bits per heavy atom. The van der Waals surface area contributed by atoms with E-state index in [0.717, 1.165) is 24.6 Å². The zero-order valence-electron chi connectivity index (χ0n) is 14.1. The van der Waals surface area contributed by atoms with Crippen molar-refractivity contribution in [2.75, 3.05) is 37.8 Å². The monoisotopic (exact) mass is 299 g/mol. The van der Waals surface area contributed by atoms with Crippen LogP contribution in [0.25, 0.3) is 0 Å². The first-order valence-corrected chi connectivity index (χ1v) is 7.52. The standard InChI is InChI=1S/C17H25N5/c1-12-10-13(2)16(14(3)11-12)21-17-19-7-6-15(20-17)18-8-9-22(4)5/h6-7,10-11H,8-9H2,1-5H3,(H2,18,19,20,21). The van der Waals surface area contributed by atoms with Crippen LogP contribution < -0.4 is 10.6 Å². The van der Waals surface area contributed by atoms with Crippen molar-refractivity contribution in [2.45, 2.75) is 20.8 Å². The van der Waals surface area contributed by atoms with Crippen molar-refractivity contribution in [1.82, 2.24) is 14.9 Å². The number of rotatable bonds is 6. The molecule has 118 valence electrons. The maximum Gasteiger partial charge on any atom is 0.229 e. The van der Waals surface area contributed by atoms with Gasteiger partial charge in [-0.05, 0) is 52.1 Å². The summed E-state index contributed by atoms with van der Waals surface area (Å²) in [5, 5.41) is 6.64. The topological polar surface area (TPSA) is 53.1 Å². The van der Waals surface area contributed by atoms with Gasteiger partial charge in [-0.25, -0.2) is 4.98 Å². The number of aromatic nitrogens is 2. The molecule has 0 saturated carbocycles. The molecule has 1 aromatic carbocycles. The average molecular weight is 299 g/mol. The van der Waals surface area contributed by atoms with Crippen molar-refractivity contribution in [3.63, 3.8) is 0 Å². The zero-order chi connectivity index (χ0) is 16.1. The smallest absolute Gasteiger partial charge is 0.229 e. The van der Waals surface area contributed by atoms with Crippen molar-refractivity contribution in [2.24, 2.45) is 0 Å². The van der Waals surface area contributed by atoms with Gasteiger partial charge in [-0.3, -0.25) is 0 Å². The Labute approximate surface area is 132 Å². The Bertz CT molecular complexity index is 614. The van der Waals surface area contributed by atoms with E-state index in [1.807, 2.05) is 6.07 Å². The van der Waals surface area contributed by atoms with Crippen LogP contribution in [0.2, 0.25) is 0 Å². The molecular formula is C17H25N5. The van der Waals surface area contributed by atoms with E-state index in [-0.39, 0.29) is 0 Å². The number of benzene rings is 1. The van der Waals surface area contributed by atoms with Gasteiger partial charge in [0.1, 0.15) is 5.82 Å². The highest BCUT2D eigenvalue weighted by Gasteiger charge is 2.06. The summed E-state index contributed by atoms with van der Waals surface area (Å²) < 4.78 is 0. The summed E-state index contributed by atoms with van der Waals surface area (Å²) in [5.41, 5.74) is 4.75. The van der Waals surface area contributed by atoms with E-state index >= 15 is 0 Å². The maximum absolute atomic E-state index is 4.52. The van der Waals surface area contributed by atoms with Gasteiger partial charge < -0.3 is 15.5 Å². The van der Waals surface area contributed by atoms with Gasteiger partial charge in [-0.1, -0.05) is 17.7 Å². The molecule has 0 aliphatic carbocycles. The SMILES string of the molecule is Cc1cc(C)c(Nc2nccc(NCCN(C)C)n2)c(C)c1. The largest absolute Gasteiger partial charge is 0.369 e. The number of hydrogen-bond donors (Lipinski definition) is 2. The first kappa shape index (κ1) is 16.2. The van der Waals surface area contributed by atoms with E-state index in [2.05, 4.69) is 72.5 Å². The summed E-state index contributed by atoms with van der Waals surface area (Å²) in [6.45, 7) is 8.12. The van der Waals surface area contributed by atoms with Crippen LogP contribution in [-0.4, -0.2) is 42.1 Å². The Kier molecular flexibility index (Phi) is 5.33. The van der Waals surface area contributed by atoms with Crippen molar-refractivity contribution in [3.8, 4) is 0 Å². The molecule has 5 nitrogen and oxygen atoms in total. The molecule has 1 aromatic heterocycles. The lowest BCUT2D eigenvalue weighted by Crippen LogP contribution is -2.21. The van der Waals surface area contributed by atoms with Gasteiger partial charge in [0.15, 0.2) is 0 Å². The summed E-state index contributed by atoms with van der Waals surface area (Å²) in [6.07, 6.45) is 1.77. The molecule has 0 radical (unpaired) electrons. The fourth-order valence-electron chi connectivity index (χ4n) is 2.41. The number of nitrogens with zero attached hydrogens (tertiary/aromatic N) is 3. The lowest BCUT2D eigenvalue weighted by molar-refractivity contribution is 0.425. The van der Waals surface area contributed by atoms with Crippen molar-refractivity contribution in [1.29, 1.82) is 0 Å². The minimum Gasteiger partial charge on any atom is -0.369 e. The summed E-state index contributed by atoms with van der Waals surface area (Å²) in [6, 6.07) is 6.21. The molecule has 2 aromatic rings. The van der Waals surface area contributed by atoms with Crippen LogP contribution in [0, 0.1) is 20.8 Å². The van der Waals surface area contributed by atoms with E-state index in [1.165, 1.54) is 16.7 Å². The Balaban J connectivity index is 2.10. The fraction of sp³-hybridized carbons (Fsp3) is 0.412. The van der Waals surface area contributed by atoms with Crippen LogP contribution in [-0.2, 0) is 0 Å². The van der Waals surface area contributed by atoms with Gasteiger partial charge >= 0.3 is 0 Å². The molecule has 5 heteroatoms. The van der Waals surface area contributed by atoms with E-state index in [9.17, 15) is 0 Å². The van der Waals surface area contributed by atoms with Crippen LogP contribution in [0.4, 0.5) is 17.5 Å². The predicted octanol–water partition coefficient (Wildman–Crippen LogP) is 3.12. The van der Waals surface area contributed by atoms with E-state index in [0.29, 0.717) is 5.95 Å². The van der Waals surface area contributed by atoms with Crippen LogP contribution >= 0.6 is 0 Å². The molecule has 2 rings (SSSR count). The minimum absolute atomic E-state index is 0.616. The third kappa shape index (κ3) is 4.43. The highest BCUT2D eigenvalue weighted by Crippen LogP contribution is 2.24. The van der Waals surface area contributed by atoms with Gasteiger partial charge in [0.25, 0.3) is 0 Å². The normalized spacial score (nSPS) is 10.8. The van der Waals surface area contributed by atoms with Gasteiger partial charge in [0.2, 0.25) is 5.95 Å². The molecule has 0 aliphatic rings. The molecule has 0 spiro atoms. The molecular weight excluding hydrogens is 274 g/mol. The molecule has 0 saturated heterocycles. The first-order chi connectivity index (χ1) is 10.5.